The van der Waals surface area contributed by atoms with Crippen molar-refractivity contribution in [3.63, 3.8) is 0 Å². The van der Waals surface area contributed by atoms with Gasteiger partial charge in [-0.25, -0.2) is 4.79 Å². The van der Waals surface area contributed by atoms with Crippen molar-refractivity contribution in [3.05, 3.63) is 44.8 Å². The monoisotopic (exact) mass is 589 g/mol. The molecule has 1 saturated heterocycles. The van der Waals surface area contributed by atoms with Gasteiger partial charge in [0.05, 0.1) is 45.4 Å². The Morgan fingerprint density at radius 1 is 0.868 bits per heavy atom. The van der Waals surface area contributed by atoms with Crippen LogP contribution in [0.2, 0.25) is 0 Å². The fourth-order valence-corrected chi connectivity index (χ4v) is 5.43. The first-order chi connectivity index (χ1) is 18.4. The molecule has 0 spiro atoms. The number of esters is 1. The van der Waals surface area contributed by atoms with E-state index < -0.39 is 5.97 Å². The van der Waals surface area contributed by atoms with Gasteiger partial charge < -0.3 is 33.6 Å². The smallest absolute Gasteiger partial charge is 0.355 e. The fraction of sp³-hybridized carbons (Fsp3) is 0.407. The summed E-state index contributed by atoms with van der Waals surface area (Å²) in [5.41, 5.74) is 0.962. The minimum atomic E-state index is -0.625. The highest BCUT2D eigenvalue weighted by molar-refractivity contribution is 9.10. The van der Waals surface area contributed by atoms with E-state index in [0.717, 1.165) is 26.2 Å². The number of carbonyl (C=O) groups is 1. The van der Waals surface area contributed by atoms with Crippen molar-refractivity contribution >= 4 is 32.7 Å². The van der Waals surface area contributed by atoms with Crippen molar-refractivity contribution in [1.29, 1.82) is 0 Å². The lowest BCUT2D eigenvalue weighted by molar-refractivity contribution is 0.0587. The Kier molecular flexibility index (Phi) is 8.80. The van der Waals surface area contributed by atoms with Gasteiger partial charge in [-0.1, -0.05) is 0 Å². The maximum Gasteiger partial charge on any atom is 0.355 e. The molecule has 1 N–H and O–H groups in total. The van der Waals surface area contributed by atoms with Gasteiger partial charge in [-0.15, -0.1) is 0 Å². The minimum absolute atomic E-state index is 0.145. The number of nitrogens with one attached hydrogen (secondary N) is 1. The molecule has 0 radical (unpaired) electrons. The van der Waals surface area contributed by atoms with E-state index in [0.29, 0.717) is 62.5 Å². The Balaban J connectivity index is 2.08. The summed E-state index contributed by atoms with van der Waals surface area (Å²) in [5, 5.41) is 4.23. The Hall–Kier alpha value is -3.28. The van der Waals surface area contributed by atoms with Gasteiger partial charge >= 0.3 is 5.97 Å². The van der Waals surface area contributed by atoms with Crippen LogP contribution < -0.4 is 29.8 Å². The summed E-state index contributed by atoms with van der Waals surface area (Å²) in [6.45, 7) is 4.36. The molecule has 1 aromatic heterocycles. The molecule has 204 valence electrons. The van der Waals surface area contributed by atoms with Crippen LogP contribution in [0.1, 0.15) is 10.5 Å². The highest BCUT2D eigenvalue weighted by Gasteiger charge is 2.27. The molecule has 2 aromatic carbocycles. The summed E-state index contributed by atoms with van der Waals surface area (Å²) >= 11 is 3.56. The molecular formula is C27H32BrN3O7. The zero-order valence-corrected chi connectivity index (χ0v) is 23.8. The summed E-state index contributed by atoms with van der Waals surface area (Å²) in [4.78, 5) is 29.6. The lowest BCUT2D eigenvalue weighted by Gasteiger charge is -2.28. The average molecular weight is 590 g/mol. The molecule has 1 aliphatic heterocycles. The Morgan fingerprint density at radius 2 is 1.50 bits per heavy atom. The molecule has 10 nitrogen and oxygen atoms in total. The van der Waals surface area contributed by atoms with Crippen molar-refractivity contribution in [2.24, 2.45) is 0 Å². The number of piperazine rings is 1. The normalized spacial score (nSPS) is 13.8. The maximum atomic E-state index is 14.0. The van der Waals surface area contributed by atoms with Gasteiger partial charge in [-0.05, 0) is 45.8 Å². The first-order valence-corrected chi connectivity index (χ1v) is 12.9. The molecule has 0 aliphatic carbocycles. The number of methoxy groups -OCH3 is 5. The van der Waals surface area contributed by atoms with Crippen molar-refractivity contribution in [2.75, 3.05) is 68.3 Å². The van der Waals surface area contributed by atoms with E-state index in [1.165, 1.54) is 33.0 Å². The predicted molar refractivity (Wildman–Crippen MR) is 148 cm³/mol. The number of carbonyl (C=O) groups excluding carboxylic acids is 1. The number of benzene rings is 2. The van der Waals surface area contributed by atoms with Crippen molar-refractivity contribution in [3.8, 4) is 34.1 Å². The van der Waals surface area contributed by atoms with Crippen molar-refractivity contribution in [1.82, 2.24) is 14.8 Å². The molecule has 0 unspecified atom stereocenters. The molecule has 2 heterocycles. The average Bonchev–Trinajstić information content (AvgIpc) is 2.95. The third kappa shape index (κ3) is 5.18. The molecule has 1 fully saturated rings. The highest BCUT2D eigenvalue weighted by Crippen LogP contribution is 2.43. The van der Waals surface area contributed by atoms with Crippen LogP contribution in [0.25, 0.3) is 21.9 Å². The second-order valence-electron chi connectivity index (χ2n) is 8.71. The van der Waals surface area contributed by atoms with Crippen LogP contribution in [-0.4, -0.2) is 83.7 Å². The van der Waals surface area contributed by atoms with E-state index in [1.807, 2.05) is 6.07 Å². The Morgan fingerprint density at radius 3 is 2.08 bits per heavy atom. The quantitative estimate of drug-likeness (QED) is 0.377. The van der Waals surface area contributed by atoms with Crippen LogP contribution in [0.3, 0.4) is 0 Å². The lowest BCUT2D eigenvalue weighted by atomic mass is 9.95. The number of hydrogen-bond acceptors (Lipinski definition) is 9. The van der Waals surface area contributed by atoms with E-state index in [9.17, 15) is 9.59 Å². The standard InChI is InChI=1S/C27H32BrN3O7/c1-34-20-14-17-18(15-21(20)35-2)26(32)31(11-10-30-8-6-29-7-9-30)24(27(33)38-5)23(17)16-12-19(28)25(37-4)22(13-16)36-3/h12-15,29H,6-11H2,1-5H3. The highest BCUT2D eigenvalue weighted by atomic mass is 79.9. The predicted octanol–water partition coefficient (Wildman–Crippen LogP) is 3.16. The van der Waals surface area contributed by atoms with Crippen LogP contribution in [-0.2, 0) is 11.3 Å². The van der Waals surface area contributed by atoms with Crippen LogP contribution in [0.5, 0.6) is 23.0 Å². The molecule has 11 heteroatoms. The van der Waals surface area contributed by atoms with Gasteiger partial charge in [0.2, 0.25) is 0 Å². The van der Waals surface area contributed by atoms with E-state index in [-0.39, 0.29) is 11.3 Å². The lowest BCUT2D eigenvalue weighted by Crippen LogP contribution is -2.45. The molecule has 0 saturated carbocycles. The molecule has 0 atom stereocenters. The zero-order valence-electron chi connectivity index (χ0n) is 22.2. The number of hydrogen-bond donors (Lipinski definition) is 1. The first-order valence-electron chi connectivity index (χ1n) is 12.1. The largest absolute Gasteiger partial charge is 0.493 e. The number of aromatic nitrogens is 1. The second-order valence-corrected chi connectivity index (χ2v) is 9.56. The number of pyridine rings is 1. The van der Waals surface area contributed by atoms with Crippen molar-refractivity contribution in [2.45, 2.75) is 6.54 Å². The topological polar surface area (TPSA) is 100 Å². The second kappa shape index (κ2) is 12.1. The van der Waals surface area contributed by atoms with E-state index >= 15 is 0 Å². The van der Waals surface area contributed by atoms with Gasteiger partial charge in [0, 0.05) is 50.2 Å². The zero-order chi connectivity index (χ0) is 27.4. The SMILES string of the molecule is COC(=O)c1c(-c2cc(Br)c(OC)c(OC)c2)c2cc(OC)c(OC)cc2c(=O)n1CCN1CCNCC1. The number of rotatable bonds is 9. The summed E-state index contributed by atoms with van der Waals surface area (Å²) in [7, 11) is 7.43. The van der Waals surface area contributed by atoms with Crippen LogP contribution in [0, 0.1) is 0 Å². The number of halogens is 1. The molecule has 38 heavy (non-hydrogen) atoms. The number of fused-ring (bicyclic) bond motifs is 1. The molecule has 0 bridgehead atoms. The molecule has 4 rings (SSSR count). The van der Waals surface area contributed by atoms with Gasteiger partial charge in [-0.3, -0.25) is 9.69 Å². The van der Waals surface area contributed by atoms with Crippen LogP contribution >= 0.6 is 15.9 Å². The van der Waals surface area contributed by atoms with E-state index in [2.05, 4.69) is 26.1 Å². The molecule has 3 aromatic rings. The summed E-state index contributed by atoms with van der Waals surface area (Å²) in [5.74, 6) is 1.18. The van der Waals surface area contributed by atoms with Gasteiger partial charge in [0.1, 0.15) is 5.69 Å². The third-order valence-corrected chi connectivity index (χ3v) is 7.31. The molecule has 0 amide bonds. The van der Waals surface area contributed by atoms with Gasteiger partial charge in [0.15, 0.2) is 23.0 Å². The van der Waals surface area contributed by atoms with Crippen LogP contribution in [0.4, 0.5) is 0 Å². The van der Waals surface area contributed by atoms with Crippen LogP contribution in [0.15, 0.2) is 33.5 Å². The minimum Gasteiger partial charge on any atom is -0.493 e. The van der Waals surface area contributed by atoms with E-state index in [1.54, 1.807) is 25.3 Å². The summed E-state index contributed by atoms with van der Waals surface area (Å²) in [6, 6.07) is 6.96. The van der Waals surface area contributed by atoms with Crippen molar-refractivity contribution < 1.29 is 28.5 Å². The van der Waals surface area contributed by atoms with E-state index in [4.69, 9.17) is 23.7 Å². The number of ether oxygens (including phenoxy) is 5. The molecule has 1 aliphatic rings. The Bertz CT molecular complexity index is 1400. The van der Waals surface area contributed by atoms with Gasteiger partial charge in [-0.2, -0.15) is 0 Å². The van der Waals surface area contributed by atoms with Gasteiger partial charge in [0.25, 0.3) is 5.56 Å². The summed E-state index contributed by atoms with van der Waals surface area (Å²) < 4.78 is 29.5. The maximum absolute atomic E-state index is 14.0. The fourth-order valence-electron chi connectivity index (χ4n) is 4.83. The number of nitrogens with zero attached hydrogens (tertiary/aromatic N) is 2. The third-order valence-electron chi connectivity index (χ3n) is 6.73. The Labute approximate surface area is 229 Å². The molecular weight excluding hydrogens is 558 g/mol. The first kappa shape index (κ1) is 27.7. The summed E-state index contributed by atoms with van der Waals surface area (Å²) in [6.07, 6.45) is 0.